The van der Waals surface area contributed by atoms with Crippen LogP contribution in [0.15, 0.2) is 11.6 Å². The van der Waals surface area contributed by atoms with Crippen molar-refractivity contribution in [2.24, 2.45) is 11.3 Å². The maximum atomic E-state index is 13.3. The summed E-state index contributed by atoms with van der Waals surface area (Å²) in [6.07, 6.45) is 4.32. The topological polar surface area (TPSA) is 86.1 Å². The summed E-state index contributed by atoms with van der Waals surface area (Å²) in [7, 11) is 0. The highest BCUT2D eigenvalue weighted by Gasteiger charge is 2.36. The molecular formula is C22H32N4O3S. The lowest BCUT2D eigenvalue weighted by atomic mass is 9.79. The Morgan fingerprint density at radius 3 is 2.77 bits per heavy atom. The normalized spacial score (nSPS) is 16.4. The summed E-state index contributed by atoms with van der Waals surface area (Å²) < 4.78 is 7.74. The van der Waals surface area contributed by atoms with Gasteiger partial charge in [-0.15, -0.1) is 11.3 Å². The fraction of sp³-hybridized carbons (Fsp3) is 0.636. The molecule has 30 heavy (non-hydrogen) atoms. The molecule has 1 unspecified atom stereocenters. The Hall–Kier alpha value is -2.06. The van der Waals surface area contributed by atoms with E-state index in [-0.39, 0.29) is 17.6 Å². The third-order valence-corrected chi connectivity index (χ3v) is 6.22. The molecule has 1 N–H and O–H groups in total. The van der Waals surface area contributed by atoms with E-state index in [9.17, 15) is 9.59 Å². The molecule has 1 aliphatic heterocycles. The van der Waals surface area contributed by atoms with Gasteiger partial charge in [0, 0.05) is 30.6 Å². The second kappa shape index (κ2) is 9.39. The van der Waals surface area contributed by atoms with Crippen LogP contribution in [0.4, 0.5) is 0 Å². The largest absolute Gasteiger partial charge is 0.375 e. The van der Waals surface area contributed by atoms with Crippen LogP contribution in [0.5, 0.6) is 0 Å². The van der Waals surface area contributed by atoms with E-state index < -0.39 is 11.5 Å². The number of Topliss-reactive ketones (excluding diaryl/α,β-unsaturated/α-hetero) is 1. The number of imidazole rings is 1. The summed E-state index contributed by atoms with van der Waals surface area (Å²) in [6.45, 7) is 11.6. The van der Waals surface area contributed by atoms with Gasteiger partial charge in [0.05, 0.1) is 18.3 Å². The van der Waals surface area contributed by atoms with Gasteiger partial charge < -0.3 is 14.6 Å². The molecule has 1 amide bonds. The van der Waals surface area contributed by atoms with Crippen LogP contribution in [-0.4, -0.2) is 38.9 Å². The van der Waals surface area contributed by atoms with Crippen LogP contribution in [0.25, 0.3) is 10.8 Å². The van der Waals surface area contributed by atoms with Gasteiger partial charge in [-0.25, -0.2) is 9.97 Å². The third-order valence-electron chi connectivity index (χ3n) is 5.45. The molecule has 3 heterocycles. The molecule has 0 aliphatic carbocycles. The van der Waals surface area contributed by atoms with Gasteiger partial charge in [0.25, 0.3) is 5.91 Å². The molecule has 0 bridgehead atoms. The maximum Gasteiger partial charge on any atom is 0.272 e. The standard InChI is InChI=1S/C22H32N4O3S/c1-6-8-14(2)17(27)18(22(3,4)5)25-20(28)16-15-13-29-11-7-10-26(15)19(24-16)21-23-9-12-30-21/h9,12,14,18H,6-8,10-11,13H2,1-5H3,(H,25,28)/t14?,18-/m1/s1. The number of thiazole rings is 1. The van der Waals surface area contributed by atoms with Crippen LogP contribution >= 0.6 is 11.3 Å². The van der Waals surface area contributed by atoms with Crippen molar-refractivity contribution in [1.82, 2.24) is 19.9 Å². The van der Waals surface area contributed by atoms with Gasteiger partial charge in [-0.1, -0.05) is 41.0 Å². The summed E-state index contributed by atoms with van der Waals surface area (Å²) in [5.41, 5.74) is 0.671. The number of amides is 1. The van der Waals surface area contributed by atoms with Crippen LogP contribution in [0.2, 0.25) is 0 Å². The van der Waals surface area contributed by atoms with Crippen molar-refractivity contribution < 1.29 is 14.3 Å². The first-order valence-electron chi connectivity index (χ1n) is 10.7. The molecule has 7 nitrogen and oxygen atoms in total. The average Bonchev–Trinajstić information content (AvgIpc) is 3.27. The Bertz CT molecular complexity index is 883. The summed E-state index contributed by atoms with van der Waals surface area (Å²) in [5.74, 6) is 0.324. The molecule has 0 radical (unpaired) electrons. The predicted octanol–water partition coefficient (Wildman–Crippen LogP) is 4.08. The van der Waals surface area contributed by atoms with Crippen molar-refractivity contribution in [2.75, 3.05) is 6.61 Å². The van der Waals surface area contributed by atoms with E-state index in [0.29, 0.717) is 24.7 Å². The number of nitrogens with zero attached hydrogens (tertiary/aromatic N) is 3. The Kier molecular flexibility index (Phi) is 7.08. The number of rotatable bonds is 7. The van der Waals surface area contributed by atoms with E-state index in [1.807, 2.05) is 37.6 Å². The smallest absolute Gasteiger partial charge is 0.272 e. The van der Waals surface area contributed by atoms with Gasteiger partial charge in [0.15, 0.2) is 22.3 Å². The molecule has 0 spiro atoms. The van der Waals surface area contributed by atoms with Crippen LogP contribution in [0, 0.1) is 11.3 Å². The second-order valence-corrected chi connectivity index (χ2v) is 9.88. The molecule has 1 aliphatic rings. The number of hydrogen-bond acceptors (Lipinski definition) is 6. The minimum atomic E-state index is -0.584. The Morgan fingerprint density at radius 2 is 2.13 bits per heavy atom. The van der Waals surface area contributed by atoms with E-state index in [4.69, 9.17) is 4.74 Å². The van der Waals surface area contributed by atoms with Gasteiger partial charge in [-0.2, -0.15) is 0 Å². The molecule has 0 saturated heterocycles. The molecule has 0 saturated carbocycles. The van der Waals surface area contributed by atoms with Crippen molar-refractivity contribution in [2.45, 2.75) is 73.1 Å². The highest BCUT2D eigenvalue weighted by Crippen LogP contribution is 2.28. The van der Waals surface area contributed by atoms with Crippen molar-refractivity contribution in [3.63, 3.8) is 0 Å². The quantitative estimate of drug-likeness (QED) is 0.712. The fourth-order valence-corrected chi connectivity index (χ4v) is 4.45. The molecule has 2 aromatic rings. The highest BCUT2D eigenvalue weighted by molar-refractivity contribution is 7.13. The summed E-state index contributed by atoms with van der Waals surface area (Å²) in [5, 5.41) is 5.68. The zero-order valence-corrected chi connectivity index (χ0v) is 19.3. The SMILES string of the molecule is CCCC(C)C(=O)[C@@H](NC(=O)c1nc(-c2nccs2)n2c1COCCC2)C(C)(C)C. The number of carbonyl (C=O) groups is 2. The lowest BCUT2D eigenvalue weighted by Gasteiger charge is -2.32. The van der Waals surface area contributed by atoms with Gasteiger partial charge in [0.2, 0.25) is 0 Å². The monoisotopic (exact) mass is 432 g/mol. The number of aromatic nitrogens is 3. The molecule has 8 heteroatoms. The molecule has 2 atom stereocenters. The summed E-state index contributed by atoms with van der Waals surface area (Å²) >= 11 is 1.49. The van der Waals surface area contributed by atoms with Gasteiger partial charge in [-0.05, 0) is 18.3 Å². The van der Waals surface area contributed by atoms with E-state index in [2.05, 4.69) is 22.2 Å². The van der Waals surface area contributed by atoms with Crippen molar-refractivity contribution in [3.05, 3.63) is 23.0 Å². The van der Waals surface area contributed by atoms with Crippen LogP contribution in [0.1, 0.15) is 70.1 Å². The summed E-state index contributed by atoms with van der Waals surface area (Å²) in [4.78, 5) is 35.5. The number of hydrogen-bond donors (Lipinski definition) is 1. The van der Waals surface area contributed by atoms with Crippen molar-refractivity contribution in [3.8, 4) is 10.8 Å². The molecule has 3 rings (SSSR count). The lowest BCUT2D eigenvalue weighted by molar-refractivity contribution is -0.126. The first-order chi connectivity index (χ1) is 14.2. The number of fused-ring (bicyclic) bond motifs is 1. The number of nitrogens with one attached hydrogen (secondary N) is 1. The first-order valence-corrected chi connectivity index (χ1v) is 11.5. The van der Waals surface area contributed by atoms with E-state index in [1.54, 1.807) is 6.20 Å². The van der Waals surface area contributed by atoms with Crippen molar-refractivity contribution in [1.29, 1.82) is 0 Å². The zero-order valence-electron chi connectivity index (χ0n) is 18.5. The molecule has 164 valence electrons. The van der Waals surface area contributed by atoms with Gasteiger partial charge in [0.1, 0.15) is 0 Å². The lowest BCUT2D eigenvalue weighted by Crippen LogP contribution is -2.51. The van der Waals surface area contributed by atoms with E-state index in [0.717, 1.165) is 36.5 Å². The summed E-state index contributed by atoms with van der Waals surface area (Å²) in [6, 6.07) is -0.584. The Balaban J connectivity index is 1.94. The zero-order chi connectivity index (χ0) is 21.9. The minimum Gasteiger partial charge on any atom is -0.375 e. The Labute approximate surface area is 182 Å². The van der Waals surface area contributed by atoms with Crippen LogP contribution in [0.3, 0.4) is 0 Å². The molecular weight excluding hydrogens is 400 g/mol. The maximum absolute atomic E-state index is 13.3. The number of carbonyl (C=O) groups excluding carboxylic acids is 2. The van der Waals surface area contributed by atoms with Crippen LogP contribution in [-0.2, 0) is 22.7 Å². The molecule has 2 aromatic heterocycles. The van der Waals surface area contributed by atoms with Crippen LogP contribution < -0.4 is 5.32 Å². The second-order valence-electron chi connectivity index (χ2n) is 8.99. The van der Waals surface area contributed by atoms with E-state index >= 15 is 0 Å². The molecule has 0 fully saturated rings. The third kappa shape index (κ3) is 4.81. The first kappa shape index (κ1) is 22.6. The Morgan fingerprint density at radius 1 is 1.37 bits per heavy atom. The van der Waals surface area contributed by atoms with Crippen molar-refractivity contribution >= 4 is 23.0 Å². The highest BCUT2D eigenvalue weighted by atomic mass is 32.1. The van der Waals surface area contributed by atoms with Gasteiger partial charge >= 0.3 is 0 Å². The minimum absolute atomic E-state index is 0.0689. The van der Waals surface area contributed by atoms with E-state index in [1.165, 1.54) is 11.3 Å². The van der Waals surface area contributed by atoms with Gasteiger partial charge in [-0.3, -0.25) is 9.59 Å². The average molecular weight is 433 g/mol. The number of ketones is 1. The number of ether oxygens (including phenoxy) is 1. The predicted molar refractivity (Wildman–Crippen MR) is 117 cm³/mol. The molecule has 0 aromatic carbocycles. The fourth-order valence-electron chi connectivity index (χ4n) is 3.82.